The van der Waals surface area contributed by atoms with Crippen LogP contribution in [0, 0.1) is 6.92 Å². The van der Waals surface area contributed by atoms with Crippen molar-refractivity contribution in [2.24, 2.45) is 0 Å². The second kappa shape index (κ2) is 5.98. The summed E-state index contributed by atoms with van der Waals surface area (Å²) < 4.78 is 3.10. The third-order valence-electron chi connectivity index (χ3n) is 2.60. The molecule has 1 N–H and O–H groups in total. The normalized spacial score (nSPS) is 10.7. The van der Waals surface area contributed by atoms with E-state index in [-0.39, 0.29) is 0 Å². The van der Waals surface area contributed by atoms with Crippen LogP contribution < -0.4 is 5.32 Å². The van der Waals surface area contributed by atoms with Crippen LogP contribution in [0.1, 0.15) is 11.1 Å². The maximum absolute atomic E-state index is 4.16. The molecule has 3 nitrogen and oxygen atoms in total. The van der Waals surface area contributed by atoms with Crippen molar-refractivity contribution in [3.8, 4) is 0 Å². The summed E-state index contributed by atoms with van der Waals surface area (Å²) in [5.41, 5.74) is 2.56. The smallest absolute Gasteiger partial charge is 0.0534 e. The standard InChI is InChI=1S/C13H16BrN3/c1-11-3-4-12(13(14)9-11)10-15-6-8-17-7-2-5-16-17/h2-5,7,9,15H,6,8,10H2,1H3. The molecule has 0 amide bonds. The van der Waals surface area contributed by atoms with Crippen molar-refractivity contribution in [1.29, 1.82) is 0 Å². The summed E-state index contributed by atoms with van der Waals surface area (Å²) >= 11 is 3.58. The maximum atomic E-state index is 4.16. The lowest BCUT2D eigenvalue weighted by molar-refractivity contribution is 0.554. The van der Waals surface area contributed by atoms with Gasteiger partial charge in [-0.15, -0.1) is 0 Å². The third-order valence-corrected chi connectivity index (χ3v) is 3.34. The van der Waals surface area contributed by atoms with Crippen molar-refractivity contribution in [2.75, 3.05) is 6.54 Å². The molecule has 2 rings (SSSR count). The molecule has 0 bridgehead atoms. The first kappa shape index (κ1) is 12.3. The third kappa shape index (κ3) is 3.68. The summed E-state index contributed by atoms with van der Waals surface area (Å²) in [5.74, 6) is 0. The molecule has 1 aromatic heterocycles. The van der Waals surface area contributed by atoms with Crippen molar-refractivity contribution in [3.63, 3.8) is 0 Å². The van der Waals surface area contributed by atoms with Gasteiger partial charge in [0.2, 0.25) is 0 Å². The van der Waals surface area contributed by atoms with Crippen LogP contribution in [0.25, 0.3) is 0 Å². The van der Waals surface area contributed by atoms with Crippen LogP contribution in [0.5, 0.6) is 0 Å². The minimum Gasteiger partial charge on any atom is -0.311 e. The highest BCUT2D eigenvalue weighted by Gasteiger charge is 1.99. The molecular weight excluding hydrogens is 278 g/mol. The van der Waals surface area contributed by atoms with Gasteiger partial charge in [-0.1, -0.05) is 28.1 Å². The number of aryl methyl sites for hydroxylation is 1. The highest BCUT2D eigenvalue weighted by Crippen LogP contribution is 2.17. The van der Waals surface area contributed by atoms with Crippen molar-refractivity contribution in [3.05, 3.63) is 52.3 Å². The van der Waals surface area contributed by atoms with Gasteiger partial charge in [0.25, 0.3) is 0 Å². The molecule has 0 fully saturated rings. The lowest BCUT2D eigenvalue weighted by atomic mass is 10.1. The molecule has 17 heavy (non-hydrogen) atoms. The van der Waals surface area contributed by atoms with Gasteiger partial charge >= 0.3 is 0 Å². The van der Waals surface area contributed by atoms with E-state index in [0.717, 1.165) is 19.6 Å². The predicted molar refractivity (Wildman–Crippen MR) is 72.8 cm³/mol. The Bertz CT molecular complexity index is 466. The molecular formula is C13H16BrN3. The van der Waals surface area contributed by atoms with E-state index in [1.54, 1.807) is 6.20 Å². The fourth-order valence-electron chi connectivity index (χ4n) is 1.65. The first-order chi connectivity index (χ1) is 8.25. The lowest BCUT2D eigenvalue weighted by Gasteiger charge is -2.07. The Kier molecular flexibility index (Phi) is 4.34. The second-order valence-corrected chi connectivity index (χ2v) is 4.90. The quantitative estimate of drug-likeness (QED) is 0.859. The van der Waals surface area contributed by atoms with Crippen molar-refractivity contribution in [1.82, 2.24) is 15.1 Å². The van der Waals surface area contributed by atoms with E-state index in [9.17, 15) is 0 Å². The Morgan fingerprint density at radius 2 is 2.29 bits per heavy atom. The summed E-state index contributed by atoms with van der Waals surface area (Å²) in [5, 5.41) is 7.57. The fraction of sp³-hybridized carbons (Fsp3) is 0.308. The number of hydrogen-bond donors (Lipinski definition) is 1. The van der Waals surface area contributed by atoms with Crippen LogP contribution in [-0.2, 0) is 13.1 Å². The molecule has 0 unspecified atom stereocenters. The molecule has 2 aromatic rings. The zero-order valence-electron chi connectivity index (χ0n) is 9.86. The molecule has 0 saturated heterocycles. The minimum atomic E-state index is 0.877. The Morgan fingerprint density at radius 1 is 1.41 bits per heavy atom. The summed E-state index contributed by atoms with van der Waals surface area (Å²) in [4.78, 5) is 0. The Morgan fingerprint density at radius 3 is 3.00 bits per heavy atom. The average Bonchev–Trinajstić information content (AvgIpc) is 2.79. The fourth-order valence-corrected chi connectivity index (χ4v) is 2.28. The Hall–Kier alpha value is -1.13. The number of nitrogens with one attached hydrogen (secondary N) is 1. The molecule has 0 radical (unpaired) electrons. The number of hydrogen-bond acceptors (Lipinski definition) is 2. The van der Waals surface area contributed by atoms with Gasteiger partial charge in [0.15, 0.2) is 0 Å². The van der Waals surface area contributed by atoms with Gasteiger partial charge in [0.05, 0.1) is 6.54 Å². The van der Waals surface area contributed by atoms with E-state index < -0.39 is 0 Å². The van der Waals surface area contributed by atoms with E-state index in [4.69, 9.17) is 0 Å². The molecule has 1 aromatic carbocycles. The van der Waals surface area contributed by atoms with Crippen molar-refractivity contribution in [2.45, 2.75) is 20.0 Å². The SMILES string of the molecule is Cc1ccc(CNCCn2cccn2)c(Br)c1. The van der Waals surface area contributed by atoms with Gasteiger partial charge in [-0.2, -0.15) is 5.10 Å². The van der Waals surface area contributed by atoms with Crippen LogP contribution in [0.3, 0.4) is 0 Å². The van der Waals surface area contributed by atoms with Crippen LogP contribution >= 0.6 is 15.9 Å². The summed E-state index contributed by atoms with van der Waals surface area (Å²) in [6, 6.07) is 8.37. The predicted octanol–water partition coefficient (Wildman–Crippen LogP) is 2.74. The van der Waals surface area contributed by atoms with Crippen molar-refractivity contribution < 1.29 is 0 Å². The molecule has 0 atom stereocenters. The van der Waals surface area contributed by atoms with Gasteiger partial charge in [0.1, 0.15) is 0 Å². The summed E-state index contributed by atoms with van der Waals surface area (Å²) in [6.07, 6.45) is 3.78. The molecule has 1 heterocycles. The van der Waals surface area contributed by atoms with Crippen LogP contribution in [-0.4, -0.2) is 16.3 Å². The topological polar surface area (TPSA) is 29.9 Å². The largest absolute Gasteiger partial charge is 0.311 e. The zero-order chi connectivity index (χ0) is 12.1. The Balaban J connectivity index is 1.78. The lowest BCUT2D eigenvalue weighted by Crippen LogP contribution is -2.19. The number of benzene rings is 1. The molecule has 0 aliphatic carbocycles. The van der Waals surface area contributed by atoms with Gasteiger partial charge in [-0.3, -0.25) is 4.68 Å². The van der Waals surface area contributed by atoms with E-state index in [1.165, 1.54) is 15.6 Å². The van der Waals surface area contributed by atoms with Crippen molar-refractivity contribution >= 4 is 15.9 Å². The molecule has 0 saturated carbocycles. The number of nitrogens with zero attached hydrogens (tertiary/aromatic N) is 2. The molecule has 4 heteroatoms. The Labute approximate surface area is 110 Å². The molecule has 90 valence electrons. The molecule has 0 aliphatic rings. The summed E-state index contributed by atoms with van der Waals surface area (Å²) in [6.45, 7) is 4.79. The zero-order valence-corrected chi connectivity index (χ0v) is 11.4. The highest BCUT2D eigenvalue weighted by molar-refractivity contribution is 9.10. The van der Waals surface area contributed by atoms with Crippen LogP contribution in [0.4, 0.5) is 0 Å². The van der Waals surface area contributed by atoms with Gasteiger partial charge < -0.3 is 5.32 Å². The molecule has 0 aliphatic heterocycles. The van der Waals surface area contributed by atoms with Gasteiger partial charge in [-0.05, 0) is 30.2 Å². The number of halogens is 1. The minimum absolute atomic E-state index is 0.877. The van der Waals surface area contributed by atoms with E-state index in [0.29, 0.717) is 0 Å². The van der Waals surface area contributed by atoms with Crippen LogP contribution in [0.15, 0.2) is 41.1 Å². The number of rotatable bonds is 5. The maximum Gasteiger partial charge on any atom is 0.0534 e. The first-order valence-electron chi connectivity index (χ1n) is 5.69. The van der Waals surface area contributed by atoms with Gasteiger partial charge in [-0.25, -0.2) is 0 Å². The molecule has 0 spiro atoms. The van der Waals surface area contributed by atoms with E-state index in [1.807, 2.05) is 16.9 Å². The van der Waals surface area contributed by atoms with E-state index in [2.05, 4.69) is 51.5 Å². The number of aromatic nitrogens is 2. The summed E-state index contributed by atoms with van der Waals surface area (Å²) in [7, 11) is 0. The van der Waals surface area contributed by atoms with Gasteiger partial charge in [0, 0.05) is 30.0 Å². The van der Waals surface area contributed by atoms with E-state index >= 15 is 0 Å². The van der Waals surface area contributed by atoms with Crippen LogP contribution in [0.2, 0.25) is 0 Å². The average molecular weight is 294 g/mol. The first-order valence-corrected chi connectivity index (χ1v) is 6.48. The monoisotopic (exact) mass is 293 g/mol. The second-order valence-electron chi connectivity index (χ2n) is 4.04. The highest BCUT2D eigenvalue weighted by atomic mass is 79.9.